The van der Waals surface area contributed by atoms with Crippen LogP contribution in [0.4, 0.5) is 5.69 Å². The second kappa shape index (κ2) is 6.90. The fraction of sp³-hybridized carbons (Fsp3) is 0.333. The molecule has 0 spiro atoms. The smallest absolute Gasteiger partial charge is 0.237 e. The maximum absolute atomic E-state index is 11.8. The van der Waals surface area contributed by atoms with E-state index in [0.29, 0.717) is 18.0 Å². The topological polar surface area (TPSA) is 89.4 Å². The van der Waals surface area contributed by atoms with E-state index in [2.05, 4.69) is 0 Å². The van der Waals surface area contributed by atoms with E-state index in [0.717, 1.165) is 5.56 Å². The molecule has 4 N–H and O–H groups in total. The van der Waals surface area contributed by atoms with Crippen LogP contribution in [0, 0.1) is 0 Å². The lowest BCUT2D eigenvalue weighted by molar-refractivity contribution is -0.133. The van der Waals surface area contributed by atoms with Crippen LogP contribution >= 0.6 is 11.8 Å². The van der Waals surface area contributed by atoms with E-state index in [1.54, 1.807) is 12.1 Å². The van der Waals surface area contributed by atoms with Crippen LogP contribution in [0.3, 0.4) is 0 Å². The Hall–Kier alpha value is -1.69. The second-order valence-corrected chi connectivity index (χ2v) is 4.76. The molecule has 5 nitrogen and oxygen atoms in total. The fourth-order valence-electron chi connectivity index (χ4n) is 1.48. The van der Waals surface area contributed by atoms with Gasteiger partial charge in [-0.2, -0.15) is 11.8 Å². The molecule has 0 fully saturated rings. The molecule has 2 amide bonds. The van der Waals surface area contributed by atoms with Gasteiger partial charge in [0.1, 0.15) is 0 Å². The van der Waals surface area contributed by atoms with Crippen molar-refractivity contribution < 1.29 is 9.59 Å². The van der Waals surface area contributed by atoms with Crippen molar-refractivity contribution in [3.05, 3.63) is 29.8 Å². The molecule has 0 unspecified atom stereocenters. The minimum atomic E-state index is -0.514. The van der Waals surface area contributed by atoms with E-state index in [1.165, 1.54) is 16.7 Å². The summed E-state index contributed by atoms with van der Waals surface area (Å²) < 4.78 is 0. The van der Waals surface area contributed by atoms with Gasteiger partial charge in [0.2, 0.25) is 11.8 Å². The van der Waals surface area contributed by atoms with Crippen molar-refractivity contribution >= 4 is 29.3 Å². The first-order valence-electron chi connectivity index (χ1n) is 5.42. The number of carbonyl (C=O) groups is 2. The predicted molar refractivity (Wildman–Crippen MR) is 73.8 cm³/mol. The minimum absolute atomic E-state index is 0.0657. The molecule has 98 valence electrons. The summed E-state index contributed by atoms with van der Waals surface area (Å²) in [6, 6.07) is 7.18. The Morgan fingerprint density at radius 3 is 2.39 bits per heavy atom. The van der Waals surface area contributed by atoms with Crippen molar-refractivity contribution in [2.24, 2.45) is 5.73 Å². The number of nitrogens with zero attached hydrogens (tertiary/aromatic N) is 1. The molecule has 1 rings (SSSR count). The third-order valence-electron chi connectivity index (χ3n) is 2.32. The SMILES string of the molecule is CSCC(=O)N(CC(N)=O)Cc1ccc(N)cc1. The van der Waals surface area contributed by atoms with Gasteiger partial charge in [-0.3, -0.25) is 9.59 Å². The van der Waals surface area contributed by atoms with Crippen LogP contribution in [0.25, 0.3) is 0 Å². The quantitative estimate of drug-likeness (QED) is 0.732. The highest BCUT2D eigenvalue weighted by Crippen LogP contribution is 2.09. The number of anilines is 1. The zero-order valence-corrected chi connectivity index (χ0v) is 11.1. The Bertz CT molecular complexity index is 420. The number of carbonyl (C=O) groups excluding carboxylic acids is 2. The largest absolute Gasteiger partial charge is 0.399 e. The molecule has 0 aliphatic heterocycles. The number of hydrogen-bond donors (Lipinski definition) is 2. The summed E-state index contributed by atoms with van der Waals surface area (Å²) in [5.74, 6) is -0.277. The summed E-state index contributed by atoms with van der Waals surface area (Å²) in [6.07, 6.45) is 1.84. The zero-order valence-electron chi connectivity index (χ0n) is 10.3. The van der Waals surface area contributed by atoms with E-state index < -0.39 is 5.91 Å². The van der Waals surface area contributed by atoms with Crippen molar-refractivity contribution in [1.82, 2.24) is 4.90 Å². The van der Waals surface area contributed by atoms with Crippen LogP contribution in [0.5, 0.6) is 0 Å². The number of hydrogen-bond acceptors (Lipinski definition) is 4. The fourth-order valence-corrected chi connectivity index (χ4v) is 1.91. The maximum atomic E-state index is 11.8. The molecule has 0 aliphatic rings. The third-order valence-corrected chi connectivity index (χ3v) is 2.86. The van der Waals surface area contributed by atoms with Gasteiger partial charge in [-0.05, 0) is 24.0 Å². The molecule has 0 saturated carbocycles. The molecule has 0 bridgehead atoms. The summed E-state index contributed by atoms with van der Waals surface area (Å²) in [5.41, 5.74) is 12.3. The minimum Gasteiger partial charge on any atom is -0.399 e. The average Bonchev–Trinajstić information content (AvgIpc) is 2.31. The van der Waals surface area contributed by atoms with Crippen LogP contribution in [-0.4, -0.2) is 35.3 Å². The number of benzene rings is 1. The molecule has 1 aromatic carbocycles. The summed E-state index contributed by atoms with van der Waals surface area (Å²) in [7, 11) is 0. The number of nitrogen functional groups attached to an aromatic ring is 1. The Labute approximate surface area is 111 Å². The molecule has 0 radical (unpaired) electrons. The molecule has 0 heterocycles. The maximum Gasteiger partial charge on any atom is 0.237 e. The summed E-state index contributed by atoms with van der Waals surface area (Å²) in [5, 5.41) is 0. The molecular weight excluding hydrogens is 250 g/mol. The molecule has 0 saturated heterocycles. The van der Waals surface area contributed by atoms with Crippen LogP contribution in [0.1, 0.15) is 5.56 Å². The summed E-state index contributed by atoms with van der Waals surface area (Å²) in [4.78, 5) is 24.2. The summed E-state index contributed by atoms with van der Waals surface area (Å²) >= 11 is 1.41. The Kier molecular flexibility index (Phi) is 5.51. The monoisotopic (exact) mass is 267 g/mol. The Balaban J connectivity index is 2.74. The highest BCUT2D eigenvalue weighted by molar-refractivity contribution is 7.99. The lowest BCUT2D eigenvalue weighted by Gasteiger charge is -2.21. The Morgan fingerprint density at radius 1 is 1.28 bits per heavy atom. The molecule has 0 aromatic heterocycles. The lowest BCUT2D eigenvalue weighted by Crippen LogP contribution is -2.38. The standard InChI is InChI=1S/C12H17N3O2S/c1-18-8-12(17)15(7-11(14)16)6-9-2-4-10(13)5-3-9/h2-5H,6-8,13H2,1H3,(H2,14,16). The normalized spacial score (nSPS) is 10.1. The first-order valence-corrected chi connectivity index (χ1v) is 6.81. The number of nitrogens with two attached hydrogens (primary N) is 2. The van der Waals surface area contributed by atoms with Crippen molar-refractivity contribution in [2.45, 2.75) is 6.54 Å². The molecule has 0 aliphatic carbocycles. The molecule has 6 heteroatoms. The van der Waals surface area contributed by atoms with Gasteiger partial charge in [0.15, 0.2) is 0 Å². The van der Waals surface area contributed by atoms with E-state index in [-0.39, 0.29) is 12.5 Å². The van der Waals surface area contributed by atoms with Gasteiger partial charge in [0.05, 0.1) is 12.3 Å². The van der Waals surface area contributed by atoms with Gasteiger partial charge < -0.3 is 16.4 Å². The van der Waals surface area contributed by atoms with E-state index >= 15 is 0 Å². The van der Waals surface area contributed by atoms with Crippen LogP contribution in [-0.2, 0) is 16.1 Å². The van der Waals surface area contributed by atoms with Crippen LogP contribution in [0.2, 0.25) is 0 Å². The first-order chi connectivity index (χ1) is 8.52. The van der Waals surface area contributed by atoms with Crippen molar-refractivity contribution in [1.29, 1.82) is 0 Å². The number of rotatable bonds is 6. The number of thioether (sulfide) groups is 1. The molecular formula is C12H17N3O2S. The number of primary amides is 1. The predicted octanol–water partition coefficient (Wildman–Crippen LogP) is 0.446. The summed E-state index contributed by atoms with van der Waals surface area (Å²) in [6.45, 7) is 0.298. The van der Waals surface area contributed by atoms with Crippen LogP contribution < -0.4 is 11.5 Å². The van der Waals surface area contributed by atoms with Gasteiger partial charge in [-0.1, -0.05) is 12.1 Å². The van der Waals surface area contributed by atoms with E-state index in [4.69, 9.17) is 11.5 Å². The van der Waals surface area contributed by atoms with Gasteiger partial charge >= 0.3 is 0 Å². The van der Waals surface area contributed by atoms with Gasteiger partial charge in [-0.15, -0.1) is 0 Å². The van der Waals surface area contributed by atoms with E-state index in [1.807, 2.05) is 18.4 Å². The van der Waals surface area contributed by atoms with Crippen molar-refractivity contribution in [2.75, 3.05) is 24.3 Å². The second-order valence-electron chi connectivity index (χ2n) is 3.89. The number of amides is 2. The molecule has 18 heavy (non-hydrogen) atoms. The highest BCUT2D eigenvalue weighted by Gasteiger charge is 2.15. The third kappa shape index (κ3) is 4.67. The van der Waals surface area contributed by atoms with Gasteiger partial charge in [0.25, 0.3) is 0 Å². The van der Waals surface area contributed by atoms with Crippen molar-refractivity contribution in [3.8, 4) is 0 Å². The average molecular weight is 267 g/mol. The first kappa shape index (κ1) is 14.4. The van der Waals surface area contributed by atoms with Gasteiger partial charge in [0, 0.05) is 12.2 Å². The Morgan fingerprint density at radius 2 is 1.89 bits per heavy atom. The highest BCUT2D eigenvalue weighted by atomic mass is 32.2. The zero-order chi connectivity index (χ0) is 13.5. The van der Waals surface area contributed by atoms with Crippen molar-refractivity contribution in [3.63, 3.8) is 0 Å². The van der Waals surface area contributed by atoms with Gasteiger partial charge in [-0.25, -0.2) is 0 Å². The van der Waals surface area contributed by atoms with Crippen LogP contribution in [0.15, 0.2) is 24.3 Å². The molecule has 1 aromatic rings. The van der Waals surface area contributed by atoms with E-state index in [9.17, 15) is 9.59 Å². The lowest BCUT2D eigenvalue weighted by atomic mass is 10.2. The molecule has 0 atom stereocenters.